The molecule has 0 saturated carbocycles. The Morgan fingerprint density at radius 1 is 0.923 bits per heavy atom. The van der Waals surface area contributed by atoms with Gasteiger partial charge in [0, 0.05) is 37.5 Å². The van der Waals surface area contributed by atoms with Crippen molar-refractivity contribution >= 4 is 39.1 Å². The number of benzene rings is 3. The van der Waals surface area contributed by atoms with E-state index >= 15 is 0 Å². The van der Waals surface area contributed by atoms with Crippen molar-refractivity contribution in [3.05, 3.63) is 101 Å². The summed E-state index contributed by atoms with van der Waals surface area (Å²) in [5.74, 6) is -0.461. The summed E-state index contributed by atoms with van der Waals surface area (Å²) >= 11 is 6.07. The molecule has 3 rings (SSSR count). The molecule has 7 nitrogen and oxygen atoms in total. The number of hydrogen-bond acceptors (Lipinski definition) is 4. The lowest BCUT2D eigenvalue weighted by Crippen LogP contribution is -2.50. The molecule has 0 radical (unpaired) electrons. The number of anilines is 1. The summed E-state index contributed by atoms with van der Waals surface area (Å²) in [5, 5.41) is 3.46. The third-order valence-electron chi connectivity index (χ3n) is 6.42. The number of likely N-dealkylation sites (N-methyl/N-ethyl adjacent to an activating group) is 1. The van der Waals surface area contributed by atoms with Gasteiger partial charge in [0.25, 0.3) is 0 Å². The molecule has 0 aliphatic heterocycles. The summed E-state index contributed by atoms with van der Waals surface area (Å²) in [4.78, 5) is 28.6. The van der Waals surface area contributed by atoms with Gasteiger partial charge in [0.1, 0.15) is 6.04 Å². The van der Waals surface area contributed by atoms with Gasteiger partial charge in [0.15, 0.2) is 0 Å². The maximum Gasteiger partial charge on any atom is 0.243 e. The highest BCUT2D eigenvalue weighted by Crippen LogP contribution is 2.23. The molecular weight excluding hydrogens is 534 g/mol. The highest BCUT2D eigenvalue weighted by Gasteiger charge is 2.30. The predicted octanol–water partition coefficient (Wildman–Crippen LogP) is 4.97. The van der Waals surface area contributed by atoms with E-state index in [1.165, 1.54) is 10.6 Å². The van der Waals surface area contributed by atoms with Crippen molar-refractivity contribution in [3.63, 3.8) is 0 Å². The fraction of sp³-hybridized carbons (Fsp3) is 0.333. The van der Waals surface area contributed by atoms with Crippen molar-refractivity contribution in [2.45, 2.75) is 45.7 Å². The Bertz CT molecular complexity index is 1350. The van der Waals surface area contributed by atoms with Crippen molar-refractivity contribution in [1.29, 1.82) is 0 Å². The summed E-state index contributed by atoms with van der Waals surface area (Å²) in [6.07, 6.45) is 1.89. The highest BCUT2D eigenvalue weighted by molar-refractivity contribution is 7.92. The van der Waals surface area contributed by atoms with Crippen molar-refractivity contribution in [3.8, 4) is 0 Å². The quantitative estimate of drug-likeness (QED) is 0.315. The molecule has 39 heavy (non-hydrogen) atoms. The minimum atomic E-state index is -3.56. The maximum atomic E-state index is 13.7. The minimum absolute atomic E-state index is 0.0795. The van der Waals surface area contributed by atoms with E-state index in [0.717, 1.165) is 16.7 Å². The molecule has 1 N–H and O–H groups in total. The fourth-order valence-electron chi connectivity index (χ4n) is 4.46. The minimum Gasteiger partial charge on any atom is -0.355 e. The second-order valence-corrected chi connectivity index (χ2v) is 11.8. The lowest BCUT2D eigenvalue weighted by Gasteiger charge is -2.32. The van der Waals surface area contributed by atoms with Crippen LogP contribution < -0.4 is 9.62 Å². The fourth-order valence-corrected chi connectivity index (χ4v) is 5.61. The van der Waals surface area contributed by atoms with Crippen LogP contribution in [0.1, 0.15) is 36.5 Å². The monoisotopic (exact) mass is 569 g/mol. The van der Waals surface area contributed by atoms with Gasteiger partial charge in [0.2, 0.25) is 21.8 Å². The van der Waals surface area contributed by atoms with E-state index in [-0.39, 0.29) is 31.3 Å². The Hall–Kier alpha value is -3.36. The lowest BCUT2D eigenvalue weighted by atomic mass is 10.0. The van der Waals surface area contributed by atoms with E-state index in [0.29, 0.717) is 30.1 Å². The molecule has 0 heterocycles. The molecule has 0 spiro atoms. The molecule has 0 fully saturated rings. The summed E-state index contributed by atoms with van der Waals surface area (Å²) in [5.41, 5.74) is 3.20. The molecule has 9 heteroatoms. The first-order valence-corrected chi connectivity index (χ1v) is 15.2. The number of sulfonamides is 1. The van der Waals surface area contributed by atoms with E-state index in [1.807, 2.05) is 68.4 Å². The van der Waals surface area contributed by atoms with Crippen LogP contribution in [0.5, 0.6) is 0 Å². The predicted molar refractivity (Wildman–Crippen MR) is 157 cm³/mol. The molecule has 1 unspecified atom stereocenters. The van der Waals surface area contributed by atoms with E-state index in [1.54, 1.807) is 29.2 Å². The average molecular weight is 570 g/mol. The number of nitrogens with one attached hydrogen (secondary N) is 1. The number of rotatable bonds is 13. The first-order valence-electron chi connectivity index (χ1n) is 13.0. The standard InChI is InChI=1S/C30H36ClN3O4S/c1-4-32-30(36)28(21-24-12-6-5-7-13-24)33(22-25-16-18-26(31)19-17-25)29(35)15-10-20-34(39(3,37)38)27-14-9-8-11-23(27)2/h5-9,11-14,16-19,28H,4,10,15,20-22H2,1-3H3,(H,32,36). The number of carbonyl (C=O) groups excluding carboxylic acids is 2. The highest BCUT2D eigenvalue weighted by atomic mass is 35.5. The summed E-state index contributed by atoms with van der Waals surface area (Å²) in [6, 6.07) is 23.3. The van der Waals surface area contributed by atoms with Crippen LogP contribution in [0.4, 0.5) is 5.69 Å². The molecular formula is C30H36ClN3O4S. The first kappa shape index (κ1) is 30.2. The maximum absolute atomic E-state index is 13.7. The number of halogens is 1. The molecule has 1 atom stereocenters. The van der Waals surface area contributed by atoms with E-state index in [9.17, 15) is 18.0 Å². The van der Waals surface area contributed by atoms with Crippen LogP contribution in [0.15, 0.2) is 78.9 Å². The van der Waals surface area contributed by atoms with Gasteiger partial charge in [-0.3, -0.25) is 13.9 Å². The molecule has 3 aromatic carbocycles. The van der Waals surface area contributed by atoms with Crippen LogP contribution in [0.3, 0.4) is 0 Å². The zero-order valence-corrected chi connectivity index (χ0v) is 24.2. The Morgan fingerprint density at radius 3 is 2.18 bits per heavy atom. The van der Waals surface area contributed by atoms with E-state index in [4.69, 9.17) is 11.6 Å². The summed E-state index contributed by atoms with van der Waals surface area (Å²) < 4.78 is 26.5. The van der Waals surface area contributed by atoms with Gasteiger partial charge in [-0.05, 0) is 55.2 Å². The SMILES string of the molecule is CCNC(=O)C(Cc1ccccc1)N(Cc1ccc(Cl)cc1)C(=O)CCCN(c1ccccc1C)S(C)(=O)=O. The second-order valence-electron chi connectivity index (χ2n) is 9.47. The molecule has 0 aliphatic rings. The number of amides is 2. The van der Waals surface area contributed by atoms with Gasteiger partial charge in [0.05, 0.1) is 11.9 Å². The van der Waals surface area contributed by atoms with Gasteiger partial charge in [-0.2, -0.15) is 0 Å². The van der Waals surface area contributed by atoms with Crippen molar-refractivity contribution < 1.29 is 18.0 Å². The van der Waals surface area contributed by atoms with Crippen molar-refractivity contribution in [1.82, 2.24) is 10.2 Å². The molecule has 208 valence electrons. The third kappa shape index (κ3) is 8.83. The van der Waals surface area contributed by atoms with Gasteiger partial charge in [-0.15, -0.1) is 0 Å². The molecule has 0 saturated heterocycles. The average Bonchev–Trinajstić information content (AvgIpc) is 2.90. The van der Waals surface area contributed by atoms with Crippen molar-refractivity contribution in [2.24, 2.45) is 0 Å². The molecule has 3 aromatic rings. The number of para-hydroxylation sites is 1. The molecule has 0 aliphatic carbocycles. The Morgan fingerprint density at radius 2 is 1.56 bits per heavy atom. The number of carbonyl (C=O) groups is 2. The van der Waals surface area contributed by atoms with Crippen LogP contribution in [-0.2, 0) is 32.6 Å². The van der Waals surface area contributed by atoms with Gasteiger partial charge in [-0.25, -0.2) is 8.42 Å². The van der Waals surface area contributed by atoms with E-state index in [2.05, 4.69) is 5.32 Å². The zero-order chi connectivity index (χ0) is 28.4. The van der Waals surface area contributed by atoms with Crippen LogP contribution >= 0.6 is 11.6 Å². The van der Waals surface area contributed by atoms with Crippen LogP contribution in [0, 0.1) is 6.92 Å². The normalized spacial score (nSPS) is 12.0. The van der Waals surface area contributed by atoms with Gasteiger partial charge < -0.3 is 10.2 Å². The lowest BCUT2D eigenvalue weighted by molar-refractivity contribution is -0.141. The van der Waals surface area contributed by atoms with Gasteiger partial charge >= 0.3 is 0 Å². The summed E-state index contributed by atoms with van der Waals surface area (Å²) in [7, 11) is -3.56. The number of nitrogens with zero attached hydrogens (tertiary/aromatic N) is 2. The third-order valence-corrected chi connectivity index (χ3v) is 7.86. The first-order chi connectivity index (χ1) is 18.6. The number of hydrogen-bond donors (Lipinski definition) is 1. The molecule has 2 amide bonds. The van der Waals surface area contributed by atoms with Crippen LogP contribution in [-0.4, -0.2) is 50.5 Å². The summed E-state index contributed by atoms with van der Waals surface area (Å²) in [6.45, 7) is 4.50. The molecule has 0 aromatic heterocycles. The zero-order valence-electron chi connectivity index (χ0n) is 22.6. The Kier molecular flexibility index (Phi) is 10.9. The Labute approximate surface area is 236 Å². The van der Waals surface area contributed by atoms with Gasteiger partial charge in [-0.1, -0.05) is 72.3 Å². The van der Waals surface area contributed by atoms with Crippen LogP contribution in [0.25, 0.3) is 0 Å². The number of aryl methyl sites for hydroxylation is 1. The van der Waals surface area contributed by atoms with E-state index < -0.39 is 16.1 Å². The largest absolute Gasteiger partial charge is 0.355 e. The molecule has 0 bridgehead atoms. The second kappa shape index (κ2) is 14.1. The van der Waals surface area contributed by atoms with Crippen molar-refractivity contribution in [2.75, 3.05) is 23.7 Å². The smallest absolute Gasteiger partial charge is 0.243 e. The van der Waals surface area contributed by atoms with Crippen LogP contribution in [0.2, 0.25) is 5.02 Å². The Balaban J connectivity index is 1.86. The topological polar surface area (TPSA) is 86.8 Å².